The highest BCUT2D eigenvalue weighted by atomic mass is 35.5. The molecule has 2 rings (SSSR count). The molecule has 0 aromatic heterocycles. The molecule has 0 aliphatic rings. The summed E-state index contributed by atoms with van der Waals surface area (Å²) in [6, 6.07) is 12.3. The van der Waals surface area contributed by atoms with E-state index in [1.807, 2.05) is 31.2 Å². The van der Waals surface area contributed by atoms with Crippen molar-refractivity contribution in [1.29, 1.82) is 0 Å². The molecule has 2 aromatic carbocycles. The second-order valence-electron chi connectivity index (χ2n) is 2.89. The fourth-order valence-electron chi connectivity index (χ4n) is 1.40. The van der Waals surface area contributed by atoms with Crippen molar-refractivity contribution < 1.29 is 0 Å². The largest absolute Gasteiger partial charge is 0.0840 e. The van der Waals surface area contributed by atoms with Crippen LogP contribution in [0.15, 0.2) is 36.4 Å². The number of hydrogen-bond donors (Lipinski definition) is 0. The van der Waals surface area contributed by atoms with E-state index in [1.54, 1.807) is 0 Å². The van der Waals surface area contributed by atoms with Gasteiger partial charge < -0.3 is 0 Å². The van der Waals surface area contributed by atoms with Crippen LogP contribution in [-0.4, -0.2) is 0 Å². The van der Waals surface area contributed by atoms with Crippen molar-refractivity contribution in [3.05, 3.63) is 47.0 Å². The summed E-state index contributed by atoms with van der Waals surface area (Å²) in [4.78, 5) is 0. The normalized spacial score (nSPS) is 10.5. The zero-order chi connectivity index (χ0) is 8.55. The summed E-state index contributed by atoms with van der Waals surface area (Å²) in [7, 11) is 0. The number of hydrogen-bond acceptors (Lipinski definition) is 0. The second kappa shape index (κ2) is 2.80. The first-order valence-electron chi connectivity index (χ1n) is 3.93. The lowest BCUT2D eigenvalue weighted by molar-refractivity contribution is 1.53. The molecule has 0 radical (unpaired) electrons. The Labute approximate surface area is 76.8 Å². The van der Waals surface area contributed by atoms with Gasteiger partial charge in [0.25, 0.3) is 0 Å². The first-order chi connectivity index (χ1) is 5.79. The van der Waals surface area contributed by atoms with Crippen molar-refractivity contribution in [3.63, 3.8) is 0 Å². The third kappa shape index (κ3) is 1.09. The van der Waals surface area contributed by atoms with Crippen LogP contribution in [0.3, 0.4) is 0 Å². The Balaban J connectivity index is 2.91. The SMILES string of the molecule is Cc1c(Cl)ccc2ccccc12. The molecule has 2 aromatic rings. The van der Waals surface area contributed by atoms with Crippen LogP contribution < -0.4 is 0 Å². The molecule has 0 amide bonds. The van der Waals surface area contributed by atoms with Gasteiger partial charge in [0.15, 0.2) is 0 Å². The molecule has 0 spiro atoms. The van der Waals surface area contributed by atoms with E-state index < -0.39 is 0 Å². The van der Waals surface area contributed by atoms with Gasteiger partial charge in [-0.25, -0.2) is 0 Å². The molecule has 0 N–H and O–H groups in total. The fraction of sp³-hybridized carbons (Fsp3) is 0.0909. The van der Waals surface area contributed by atoms with Crippen LogP contribution in [0.25, 0.3) is 10.8 Å². The summed E-state index contributed by atoms with van der Waals surface area (Å²) in [5.74, 6) is 0. The van der Waals surface area contributed by atoms with Crippen molar-refractivity contribution >= 4 is 22.4 Å². The molecule has 0 atom stereocenters. The van der Waals surface area contributed by atoms with E-state index in [4.69, 9.17) is 11.6 Å². The molecule has 12 heavy (non-hydrogen) atoms. The molecule has 0 saturated heterocycles. The molecule has 0 fully saturated rings. The van der Waals surface area contributed by atoms with Crippen LogP contribution in [0.2, 0.25) is 5.02 Å². The first-order valence-corrected chi connectivity index (χ1v) is 4.30. The maximum Gasteiger partial charge on any atom is 0.0441 e. The zero-order valence-electron chi connectivity index (χ0n) is 6.84. The van der Waals surface area contributed by atoms with Crippen molar-refractivity contribution in [1.82, 2.24) is 0 Å². The summed E-state index contributed by atoms with van der Waals surface area (Å²) >= 11 is 5.99. The Morgan fingerprint density at radius 3 is 2.58 bits per heavy atom. The Morgan fingerprint density at radius 1 is 1.00 bits per heavy atom. The minimum absolute atomic E-state index is 0.841. The Hall–Kier alpha value is -1.01. The smallest absolute Gasteiger partial charge is 0.0441 e. The first kappa shape index (κ1) is 7.63. The molecule has 0 aliphatic carbocycles. The molecule has 0 heterocycles. The highest BCUT2D eigenvalue weighted by Gasteiger charge is 1.98. The number of halogens is 1. The quantitative estimate of drug-likeness (QED) is 0.573. The molecule has 0 nitrogen and oxygen atoms in total. The van der Waals surface area contributed by atoms with E-state index in [2.05, 4.69) is 12.1 Å². The molecule has 1 heteroatoms. The molecule has 0 unspecified atom stereocenters. The third-order valence-electron chi connectivity index (χ3n) is 2.13. The lowest BCUT2D eigenvalue weighted by Crippen LogP contribution is -1.78. The van der Waals surface area contributed by atoms with E-state index in [0.29, 0.717) is 0 Å². The number of rotatable bonds is 0. The van der Waals surface area contributed by atoms with Crippen LogP contribution in [0.4, 0.5) is 0 Å². The number of aryl methyl sites for hydroxylation is 1. The molecule has 60 valence electrons. The van der Waals surface area contributed by atoms with Crippen molar-refractivity contribution in [2.24, 2.45) is 0 Å². The van der Waals surface area contributed by atoms with Gasteiger partial charge in [-0.15, -0.1) is 0 Å². The molecular formula is C11H9Cl. The van der Waals surface area contributed by atoms with Gasteiger partial charge in [0.05, 0.1) is 0 Å². The van der Waals surface area contributed by atoms with Crippen molar-refractivity contribution in [2.45, 2.75) is 6.92 Å². The molecule has 0 bridgehead atoms. The van der Waals surface area contributed by atoms with Gasteiger partial charge in [0.1, 0.15) is 0 Å². The van der Waals surface area contributed by atoms with E-state index in [1.165, 1.54) is 10.8 Å². The lowest BCUT2D eigenvalue weighted by Gasteiger charge is -2.02. The predicted molar refractivity (Wildman–Crippen MR) is 53.7 cm³/mol. The average molecular weight is 177 g/mol. The van der Waals surface area contributed by atoms with E-state index in [9.17, 15) is 0 Å². The topological polar surface area (TPSA) is 0 Å². The van der Waals surface area contributed by atoms with Gasteiger partial charge in [-0.05, 0) is 29.3 Å². The van der Waals surface area contributed by atoms with Crippen LogP contribution in [0.1, 0.15) is 5.56 Å². The molecule has 0 aliphatic heterocycles. The summed E-state index contributed by atoms with van der Waals surface area (Å²) in [6.45, 7) is 2.05. The van der Waals surface area contributed by atoms with E-state index in [0.717, 1.165) is 10.6 Å². The van der Waals surface area contributed by atoms with Gasteiger partial charge in [-0.1, -0.05) is 41.9 Å². The minimum atomic E-state index is 0.841. The minimum Gasteiger partial charge on any atom is -0.0840 e. The van der Waals surface area contributed by atoms with Crippen LogP contribution in [0, 0.1) is 6.92 Å². The summed E-state index contributed by atoms with van der Waals surface area (Å²) in [6.07, 6.45) is 0. The van der Waals surface area contributed by atoms with Gasteiger partial charge in [-0.2, -0.15) is 0 Å². The lowest BCUT2D eigenvalue weighted by atomic mass is 10.1. The summed E-state index contributed by atoms with van der Waals surface area (Å²) in [5.41, 5.74) is 1.16. The van der Waals surface area contributed by atoms with Crippen LogP contribution in [0.5, 0.6) is 0 Å². The maximum absolute atomic E-state index is 5.99. The fourth-order valence-corrected chi connectivity index (χ4v) is 1.57. The highest BCUT2D eigenvalue weighted by Crippen LogP contribution is 2.24. The van der Waals surface area contributed by atoms with Crippen LogP contribution >= 0.6 is 11.6 Å². The Morgan fingerprint density at radius 2 is 1.75 bits per heavy atom. The average Bonchev–Trinajstić information content (AvgIpc) is 2.12. The Kier molecular flexibility index (Phi) is 1.78. The van der Waals surface area contributed by atoms with Crippen molar-refractivity contribution in [2.75, 3.05) is 0 Å². The summed E-state index contributed by atoms with van der Waals surface area (Å²) in [5, 5.41) is 3.33. The predicted octanol–water partition coefficient (Wildman–Crippen LogP) is 3.80. The standard InChI is InChI=1S/C11H9Cl/c1-8-10-5-3-2-4-9(10)6-7-11(8)12/h2-7H,1H3. The van der Waals surface area contributed by atoms with Gasteiger partial charge >= 0.3 is 0 Å². The van der Waals surface area contributed by atoms with Gasteiger partial charge in [0, 0.05) is 5.02 Å². The third-order valence-corrected chi connectivity index (χ3v) is 2.54. The maximum atomic E-state index is 5.99. The van der Waals surface area contributed by atoms with Gasteiger partial charge in [0.2, 0.25) is 0 Å². The number of fused-ring (bicyclic) bond motifs is 1. The summed E-state index contributed by atoms with van der Waals surface area (Å²) < 4.78 is 0. The van der Waals surface area contributed by atoms with E-state index >= 15 is 0 Å². The van der Waals surface area contributed by atoms with Crippen LogP contribution in [-0.2, 0) is 0 Å². The monoisotopic (exact) mass is 176 g/mol. The molecule has 0 saturated carbocycles. The number of benzene rings is 2. The van der Waals surface area contributed by atoms with Crippen molar-refractivity contribution in [3.8, 4) is 0 Å². The molecular weight excluding hydrogens is 168 g/mol. The van der Waals surface area contributed by atoms with E-state index in [-0.39, 0.29) is 0 Å². The second-order valence-corrected chi connectivity index (χ2v) is 3.30. The Bertz CT molecular complexity index is 418. The highest BCUT2D eigenvalue weighted by molar-refractivity contribution is 6.32. The zero-order valence-corrected chi connectivity index (χ0v) is 7.60. The van der Waals surface area contributed by atoms with Gasteiger partial charge in [-0.3, -0.25) is 0 Å².